The first kappa shape index (κ1) is 10.5. The Hall–Kier alpha value is -1.99. The van der Waals surface area contributed by atoms with Crippen molar-refractivity contribution in [2.24, 2.45) is 0 Å². The molecule has 2 rings (SSSR count). The molecule has 0 aliphatic carbocycles. The molecule has 4 nitrogen and oxygen atoms in total. The van der Waals surface area contributed by atoms with Gasteiger partial charge in [-0.1, -0.05) is 23.7 Å². The smallest absolute Gasteiger partial charge is 0.170 e. The van der Waals surface area contributed by atoms with Crippen LogP contribution >= 0.6 is 11.6 Å². The fraction of sp³-hybridized carbons (Fsp3) is 0.0909. The summed E-state index contributed by atoms with van der Waals surface area (Å²) in [7, 11) is 0. The van der Waals surface area contributed by atoms with Crippen LogP contribution in [0.25, 0.3) is 11.3 Å². The predicted octanol–water partition coefficient (Wildman–Crippen LogP) is 2.37. The molecule has 2 aromatic rings. The second kappa shape index (κ2) is 4.25. The average Bonchev–Trinajstić information content (AvgIpc) is 2.30. The lowest BCUT2D eigenvalue weighted by atomic mass is 10.1. The number of nitriles is 1. The Morgan fingerprint density at radius 1 is 1.19 bits per heavy atom. The van der Waals surface area contributed by atoms with Crippen molar-refractivity contribution in [2.75, 3.05) is 0 Å². The van der Waals surface area contributed by atoms with E-state index in [0.717, 1.165) is 5.56 Å². The van der Waals surface area contributed by atoms with Crippen LogP contribution in [0, 0.1) is 18.3 Å². The standard InChI is InChI=1S/C11H7ClN4/c1-7-14-10(6-13)11(16-15-7)8-2-4-9(12)5-3-8/h2-5H,1H3. The van der Waals surface area contributed by atoms with Gasteiger partial charge in [0.25, 0.3) is 0 Å². The van der Waals surface area contributed by atoms with Gasteiger partial charge in [-0.3, -0.25) is 0 Å². The molecule has 1 heterocycles. The van der Waals surface area contributed by atoms with E-state index in [-0.39, 0.29) is 5.69 Å². The summed E-state index contributed by atoms with van der Waals surface area (Å²) in [5, 5.41) is 17.4. The van der Waals surface area contributed by atoms with Crippen LogP contribution in [-0.2, 0) is 0 Å². The lowest BCUT2D eigenvalue weighted by Crippen LogP contribution is -1.99. The number of hydrogen-bond acceptors (Lipinski definition) is 4. The summed E-state index contributed by atoms with van der Waals surface area (Å²) in [4.78, 5) is 4.02. The lowest BCUT2D eigenvalue weighted by Gasteiger charge is -2.01. The number of halogens is 1. The summed E-state index contributed by atoms with van der Waals surface area (Å²) in [5.74, 6) is 0.481. The highest BCUT2D eigenvalue weighted by atomic mass is 35.5. The Labute approximate surface area is 97.5 Å². The Balaban J connectivity index is 2.56. The maximum Gasteiger partial charge on any atom is 0.170 e. The van der Waals surface area contributed by atoms with Crippen LogP contribution in [0.1, 0.15) is 11.5 Å². The average molecular weight is 231 g/mol. The van der Waals surface area contributed by atoms with Gasteiger partial charge in [-0.15, -0.1) is 10.2 Å². The quantitative estimate of drug-likeness (QED) is 0.755. The van der Waals surface area contributed by atoms with E-state index >= 15 is 0 Å². The molecule has 1 aromatic heterocycles. The van der Waals surface area contributed by atoms with E-state index < -0.39 is 0 Å². The van der Waals surface area contributed by atoms with E-state index in [9.17, 15) is 0 Å². The maximum absolute atomic E-state index is 8.95. The monoisotopic (exact) mass is 230 g/mol. The van der Waals surface area contributed by atoms with Gasteiger partial charge >= 0.3 is 0 Å². The molecule has 0 saturated heterocycles. The molecule has 0 N–H and O–H groups in total. The van der Waals surface area contributed by atoms with Crippen LogP contribution in [0.2, 0.25) is 5.02 Å². The first-order valence-corrected chi connectivity index (χ1v) is 4.96. The summed E-state index contributed by atoms with van der Waals surface area (Å²) in [6, 6.07) is 9.04. The molecule has 16 heavy (non-hydrogen) atoms. The van der Waals surface area contributed by atoms with Crippen LogP contribution in [0.15, 0.2) is 24.3 Å². The van der Waals surface area contributed by atoms with E-state index in [1.165, 1.54) is 0 Å². The maximum atomic E-state index is 8.95. The zero-order valence-electron chi connectivity index (χ0n) is 8.48. The molecule has 0 unspecified atom stereocenters. The summed E-state index contributed by atoms with van der Waals surface area (Å²) in [6.45, 7) is 1.69. The van der Waals surface area contributed by atoms with Gasteiger partial charge < -0.3 is 0 Å². The van der Waals surface area contributed by atoms with Gasteiger partial charge in [0.2, 0.25) is 0 Å². The minimum absolute atomic E-state index is 0.273. The van der Waals surface area contributed by atoms with Crippen molar-refractivity contribution in [3.8, 4) is 17.3 Å². The lowest BCUT2D eigenvalue weighted by molar-refractivity contribution is 0.903. The minimum atomic E-state index is 0.273. The van der Waals surface area contributed by atoms with Crippen LogP contribution in [0.3, 0.4) is 0 Å². The largest absolute Gasteiger partial charge is 0.218 e. The van der Waals surface area contributed by atoms with Gasteiger partial charge in [0, 0.05) is 10.6 Å². The van der Waals surface area contributed by atoms with Gasteiger partial charge in [0.1, 0.15) is 17.6 Å². The normalized spacial score (nSPS) is 9.81. The van der Waals surface area contributed by atoms with Crippen molar-refractivity contribution >= 4 is 11.6 Å². The highest BCUT2D eigenvalue weighted by Crippen LogP contribution is 2.21. The fourth-order valence-corrected chi connectivity index (χ4v) is 1.41. The summed E-state index contributed by atoms with van der Waals surface area (Å²) < 4.78 is 0. The highest BCUT2D eigenvalue weighted by molar-refractivity contribution is 6.30. The Morgan fingerprint density at radius 3 is 2.50 bits per heavy atom. The van der Waals surface area contributed by atoms with Crippen molar-refractivity contribution in [3.63, 3.8) is 0 Å². The van der Waals surface area contributed by atoms with Gasteiger partial charge in [0.05, 0.1) is 0 Å². The molecule has 0 radical (unpaired) electrons. The SMILES string of the molecule is Cc1nnc(-c2ccc(Cl)cc2)c(C#N)n1. The van der Waals surface area contributed by atoms with Crippen molar-refractivity contribution in [2.45, 2.75) is 6.92 Å². The Morgan fingerprint density at radius 2 is 1.88 bits per heavy atom. The van der Waals surface area contributed by atoms with E-state index in [1.54, 1.807) is 31.2 Å². The molecular formula is C11H7ClN4. The second-order valence-corrected chi connectivity index (χ2v) is 3.61. The number of hydrogen-bond donors (Lipinski definition) is 0. The predicted molar refractivity (Wildman–Crippen MR) is 59.7 cm³/mol. The van der Waals surface area contributed by atoms with Crippen molar-refractivity contribution < 1.29 is 0 Å². The first-order chi connectivity index (χ1) is 7.70. The number of aryl methyl sites for hydroxylation is 1. The third-order valence-electron chi connectivity index (χ3n) is 2.02. The molecule has 0 saturated carbocycles. The number of rotatable bonds is 1. The van der Waals surface area contributed by atoms with Crippen LogP contribution in [0.5, 0.6) is 0 Å². The third-order valence-corrected chi connectivity index (χ3v) is 2.27. The van der Waals surface area contributed by atoms with Crippen molar-refractivity contribution in [1.29, 1.82) is 5.26 Å². The molecule has 1 aromatic carbocycles. The topological polar surface area (TPSA) is 62.5 Å². The van der Waals surface area contributed by atoms with Crippen molar-refractivity contribution in [1.82, 2.24) is 15.2 Å². The Kier molecular flexibility index (Phi) is 2.80. The number of aromatic nitrogens is 3. The zero-order chi connectivity index (χ0) is 11.5. The molecule has 0 fully saturated rings. The number of benzene rings is 1. The van der Waals surface area contributed by atoms with Gasteiger partial charge in [0.15, 0.2) is 5.69 Å². The number of nitrogens with zero attached hydrogens (tertiary/aromatic N) is 4. The van der Waals surface area contributed by atoms with E-state index in [0.29, 0.717) is 16.5 Å². The van der Waals surface area contributed by atoms with Crippen LogP contribution in [0.4, 0.5) is 0 Å². The van der Waals surface area contributed by atoms with E-state index in [2.05, 4.69) is 15.2 Å². The molecule has 0 amide bonds. The molecule has 0 aliphatic heterocycles. The molecule has 0 atom stereocenters. The molecule has 0 aliphatic rings. The summed E-state index contributed by atoms with van der Waals surface area (Å²) in [6.07, 6.45) is 0. The molecule has 78 valence electrons. The van der Waals surface area contributed by atoms with Gasteiger partial charge in [-0.25, -0.2) is 4.98 Å². The van der Waals surface area contributed by atoms with Crippen LogP contribution in [-0.4, -0.2) is 15.2 Å². The van der Waals surface area contributed by atoms with Gasteiger partial charge in [-0.05, 0) is 19.1 Å². The van der Waals surface area contributed by atoms with Gasteiger partial charge in [-0.2, -0.15) is 5.26 Å². The van der Waals surface area contributed by atoms with Crippen molar-refractivity contribution in [3.05, 3.63) is 40.8 Å². The third kappa shape index (κ3) is 2.00. The molecule has 5 heteroatoms. The highest BCUT2D eigenvalue weighted by Gasteiger charge is 2.09. The fourth-order valence-electron chi connectivity index (χ4n) is 1.29. The summed E-state index contributed by atoms with van der Waals surface area (Å²) >= 11 is 5.78. The van der Waals surface area contributed by atoms with E-state index in [4.69, 9.17) is 16.9 Å². The zero-order valence-corrected chi connectivity index (χ0v) is 9.23. The molecule has 0 bridgehead atoms. The minimum Gasteiger partial charge on any atom is -0.218 e. The molecular weight excluding hydrogens is 224 g/mol. The second-order valence-electron chi connectivity index (χ2n) is 3.17. The molecule has 0 spiro atoms. The first-order valence-electron chi connectivity index (χ1n) is 4.58. The Bertz CT molecular complexity index is 557. The van der Waals surface area contributed by atoms with Crippen LogP contribution < -0.4 is 0 Å². The summed E-state index contributed by atoms with van der Waals surface area (Å²) in [5.41, 5.74) is 1.53. The van der Waals surface area contributed by atoms with E-state index in [1.807, 2.05) is 6.07 Å².